The minimum atomic E-state index is -0.174. The molecule has 90 valence electrons. The van der Waals surface area contributed by atoms with E-state index in [9.17, 15) is 0 Å². The number of aliphatic hydroxyl groups excluding tert-OH is 1. The molecule has 2 rings (SSSR count). The second-order valence-corrected chi connectivity index (χ2v) is 4.39. The number of pyridine rings is 1. The lowest BCUT2D eigenvalue weighted by Crippen LogP contribution is -2.12. The van der Waals surface area contributed by atoms with Crippen LogP contribution in [0.4, 0.5) is 0 Å². The number of hydrogen-bond acceptors (Lipinski definition) is 3. The lowest BCUT2D eigenvalue weighted by atomic mass is 10.0. The fraction of sp³-hybridized carbons (Fsp3) is 0.308. The van der Waals surface area contributed by atoms with Gasteiger partial charge in [-0.15, -0.1) is 0 Å². The number of nitrogens with two attached hydrogens (primary N) is 1. The fourth-order valence-corrected chi connectivity index (χ4v) is 2.12. The Morgan fingerprint density at radius 3 is 2.88 bits per heavy atom. The van der Waals surface area contributed by atoms with E-state index >= 15 is 0 Å². The van der Waals surface area contributed by atoms with Crippen molar-refractivity contribution >= 4 is 22.5 Å². The SMILES string of the molecule is N[C@H](CCCO)c1cc2ccccc2nc1Cl. The molecule has 1 atom stereocenters. The summed E-state index contributed by atoms with van der Waals surface area (Å²) in [7, 11) is 0. The molecule has 0 radical (unpaired) electrons. The van der Waals surface area contributed by atoms with Gasteiger partial charge in [0.2, 0.25) is 0 Å². The van der Waals surface area contributed by atoms with Gasteiger partial charge in [0.15, 0.2) is 0 Å². The molecule has 2 aromatic rings. The van der Waals surface area contributed by atoms with Gasteiger partial charge in [-0.05, 0) is 25.0 Å². The van der Waals surface area contributed by atoms with Crippen molar-refractivity contribution in [3.05, 3.63) is 41.0 Å². The maximum atomic E-state index is 8.80. The number of halogens is 1. The number of fused-ring (bicyclic) bond motifs is 1. The van der Waals surface area contributed by atoms with Crippen molar-refractivity contribution < 1.29 is 5.11 Å². The topological polar surface area (TPSA) is 59.1 Å². The zero-order valence-corrected chi connectivity index (χ0v) is 10.2. The minimum absolute atomic E-state index is 0.145. The predicted molar refractivity (Wildman–Crippen MR) is 70.0 cm³/mol. The van der Waals surface area contributed by atoms with Crippen LogP contribution in [0.15, 0.2) is 30.3 Å². The molecule has 4 heteroatoms. The highest BCUT2D eigenvalue weighted by Crippen LogP contribution is 2.26. The molecule has 3 N–H and O–H groups in total. The van der Waals surface area contributed by atoms with E-state index in [-0.39, 0.29) is 12.6 Å². The van der Waals surface area contributed by atoms with Crippen molar-refractivity contribution in [2.45, 2.75) is 18.9 Å². The average molecular weight is 251 g/mol. The summed E-state index contributed by atoms with van der Waals surface area (Å²) < 4.78 is 0. The third-order valence-electron chi connectivity index (χ3n) is 2.78. The maximum Gasteiger partial charge on any atom is 0.134 e. The number of aliphatic hydroxyl groups is 1. The van der Waals surface area contributed by atoms with Crippen molar-refractivity contribution in [3.8, 4) is 0 Å². The molecule has 0 bridgehead atoms. The first kappa shape index (κ1) is 12.3. The lowest BCUT2D eigenvalue weighted by molar-refractivity contribution is 0.280. The Kier molecular flexibility index (Phi) is 3.94. The van der Waals surface area contributed by atoms with E-state index in [4.69, 9.17) is 22.4 Å². The Labute approximate surface area is 105 Å². The van der Waals surface area contributed by atoms with Crippen LogP contribution in [0.2, 0.25) is 5.15 Å². The number of hydrogen-bond donors (Lipinski definition) is 2. The summed E-state index contributed by atoms with van der Waals surface area (Å²) >= 11 is 6.12. The number of benzene rings is 1. The first-order valence-electron chi connectivity index (χ1n) is 5.64. The normalized spacial score (nSPS) is 12.9. The highest BCUT2D eigenvalue weighted by molar-refractivity contribution is 6.30. The van der Waals surface area contributed by atoms with Crippen LogP contribution < -0.4 is 5.73 Å². The summed E-state index contributed by atoms with van der Waals surface area (Å²) in [6.45, 7) is 0.145. The van der Waals surface area contributed by atoms with E-state index in [1.54, 1.807) is 0 Å². The summed E-state index contributed by atoms with van der Waals surface area (Å²) in [5, 5.41) is 10.3. The third kappa shape index (κ3) is 2.75. The van der Waals surface area contributed by atoms with Crippen molar-refractivity contribution in [2.24, 2.45) is 5.73 Å². The fourth-order valence-electron chi connectivity index (χ4n) is 1.84. The molecule has 0 saturated heterocycles. The Morgan fingerprint density at radius 2 is 2.12 bits per heavy atom. The van der Waals surface area contributed by atoms with Gasteiger partial charge < -0.3 is 10.8 Å². The minimum Gasteiger partial charge on any atom is -0.396 e. The number of rotatable bonds is 4. The monoisotopic (exact) mass is 250 g/mol. The first-order chi connectivity index (χ1) is 8.22. The van der Waals surface area contributed by atoms with Gasteiger partial charge in [-0.2, -0.15) is 0 Å². The first-order valence-corrected chi connectivity index (χ1v) is 6.02. The molecule has 0 saturated carbocycles. The highest BCUT2D eigenvalue weighted by atomic mass is 35.5. The van der Waals surface area contributed by atoms with Gasteiger partial charge in [-0.1, -0.05) is 29.8 Å². The van der Waals surface area contributed by atoms with Gasteiger partial charge in [0, 0.05) is 23.6 Å². The molecule has 0 aliphatic rings. The van der Waals surface area contributed by atoms with Crippen molar-refractivity contribution in [2.75, 3.05) is 6.61 Å². The molecule has 0 aliphatic carbocycles. The standard InChI is InChI=1S/C13H15ClN2O/c14-13-10(11(15)5-3-7-17)8-9-4-1-2-6-12(9)16-13/h1-2,4,6,8,11,17H,3,5,7,15H2/t11-/m1/s1. The summed E-state index contributed by atoms with van der Waals surface area (Å²) in [6.07, 6.45) is 1.38. The van der Waals surface area contributed by atoms with Gasteiger partial charge >= 0.3 is 0 Å². The molecule has 0 unspecified atom stereocenters. The van der Waals surface area contributed by atoms with E-state index in [1.807, 2.05) is 30.3 Å². The number of aromatic nitrogens is 1. The van der Waals surface area contributed by atoms with Gasteiger partial charge in [-0.25, -0.2) is 4.98 Å². The highest BCUT2D eigenvalue weighted by Gasteiger charge is 2.12. The van der Waals surface area contributed by atoms with E-state index in [0.717, 1.165) is 16.5 Å². The van der Waals surface area contributed by atoms with Crippen molar-refractivity contribution in [1.82, 2.24) is 4.98 Å². The van der Waals surface area contributed by atoms with Crippen molar-refractivity contribution in [3.63, 3.8) is 0 Å². The van der Waals surface area contributed by atoms with E-state index < -0.39 is 0 Å². The molecular weight excluding hydrogens is 236 g/mol. The van der Waals surface area contributed by atoms with Crippen molar-refractivity contribution in [1.29, 1.82) is 0 Å². The lowest BCUT2D eigenvalue weighted by Gasteiger charge is -2.13. The van der Waals surface area contributed by atoms with Crippen LogP contribution in [0, 0.1) is 0 Å². The Hall–Kier alpha value is -1.16. The maximum absolute atomic E-state index is 8.80. The molecule has 0 spiro atoms. The molecular formula is C13H15ClN2O. The smallest absolute Gasteiger partial charge is 0.134 e. The van der Waals surface area contributed by atoms with Gasteiger partial charge in [-0.3, -0.25) is 0 Å². The largest absolute Gasteiger partial charge is 0.396 e. The van der Waals surface area contributed by atoms with Crippen LogP contribution in [0.1, 0.15) is 24.4 Å². The summed E-state index contributed by atoms with van der Waals surface area (Å²) in [6, 6.07) is 9.60. The van der Waals surface area contributed by atoms with Gasteiger partial charge in [0.05, 0.1) is 5.52 Å². The molecule has 0 aliphatic heterocycles. The zero-order valence-electron chi connectivity index (χ0n) is 9.44. The number of nitrogens with zero attached hydrogens (tertiary/aromatic N) is 1. The van der Waals surface area contributed by atoms with Gasteiger partial charge in [0.1, 0.15) is 5.15 Å². The van der Waals surface area contributed by atoms with Gasteiger partial charge in [0.25, 0.3) is 0 Å². The summed E-state index contributed by atoms with van der Waals surface area (Å²) in [4.78, 5) is 4.33. The quantitative estimate of drug-likeness (QED) is 0.821. The Morgan fingerprint density at radius 1 is 1.35 bits per heavy atom. The molecule has 1 heterocycles. The summed E-state index contributed by atoms with van der Waals surface area (Å²) in [5.41, 5.74) is 7.75. The van der Waals surface area contributed by atoms with Crippen LogP contribution in [0.5, 0.6) is 0 Å². The molecule has 3 nitrogen and oxygen atoms in total. The van der Waals surface area contributed by atoms with Crippen LogP contribution in [-0.4, -0.2) is 16.7 Å². The van der Waals surface area contributed by atoms with Crippen LogP contribution >= 0.6 is 11.6 Å². The molecule has 1 aromatic heterocycles. The van der Waals surface area contributed by atoms with E-state index in [1.165, 1.54) is 0 Å². The van der Waals surface area contributed by atoms with Crippen LogP contribution in [-0.2, 0) is 0 Å². The zero-order chi connectivity index (χ0) is 12.3. The van der Waals surface area contributed by atoms with E-state index in [0.29, 0.717) is 18.0 Å². The Balaban J connectivity index is 2.36. The second-order valence-electron chi connectivity index (χ2n) is 4.03. The molecule has 0 amide bonds. The molecule has 1 aromatic carbocycles. The van der Waals surface area contributed by atoms with Crippen LogP contribution in [0.3, 0.4) is 0 Å². The predicted octanol–water partition coefficient (Wildman–Crippen LogP) is 2.66. The molecule has 17 heavy (non-hydrogen) atoms. The summed E-state index contributed by atoms with van der Waals surface area (Å²) in [5.74, 6) is 0. The Bertz CT molecular complexity index is 516. The van der Waals surface area contributed by atoms with Crippen LogP contribution in [0.25, 0.3) is 10.9 Å². The molecule has 0 fully saturated rings. The third-order valence-corrected chi connectivity index (χ3v) is 3.08. The number of para-hydroxylation sites is 1. The average Bonchev–Trinajstić information content (AvgIpc) is 2.35. The van der Waals surface area contributed by atoms with E-state index in [2.05, 4.69) is 4.98 Å². The second kappa shape index (κ2) is 5.45.